The molecule has 2 aromatic rings. The van der Waals surface area contributed by atoms with Crippen molar-refractivity contribution in [3.05, 3.63) is 65.4 Å². The molecular formula is C19H19NO3S. The number of aryl methyl sites for hydroxylation is 2. The lowest BCUT2D eigenvalue weighted by molar-refractivity contribution is -0.134. The summed E-state index contributed by atoms with van der Waals surface area (Å²) in [6.07, 6.45) is 1.44. The summed E-state index contributed by atoms with van der Waals surface area (Å²) in [7, 11) is 1.36. The van der Waals surface area contributed by atoms with Gasteiger partial charge in [-0.3, -0.25) is 0 Å². The zero-order chi connectivity index (χ0) is 17.1. The number of carbonyl (C=O) groups excluding carboxylic acids is 1. The Hall–Kier alpha value is -2.40. The summed E-state index contributed by atoms with van der Waals surface area (Å²) in [5.74, 6) is 0.368. The number of ether oxygens (including phenoxy) is 2. The molecule has 0 fully saturated rings. The Morgan fingerprint density at radius 1 is 1.17 bits per heavy atom. The molecule has 0 bridgehead atoms. The Morgan fingerprint density at radius 2 is 1.88 bits per heavy atom. The number of benzene rings is 2. The van der Waals surface area contributed by atoms with E-state index >= 15 is 0 Å². The highest BCUT2D eigenvalue weighted by Gasteiger charge is 2.26. The molecule has 1 aliphatic heterocycles. The maximum absolute atomic E-state index is 11.7. The van der Waals surface area contributed by atoms with Gasteiger partial charge in [-0.15, -0.1) is 0 Å². The summed E-state index contributed by atoms with van der Waals surface area (Å²) < 4.78 is 10.9. The van der Waals surface area contributed by atoms with E-state index in [-0.39, 0.29) is 5.44 Å². The summed E-state index contributed by atoms with van der Waals surface area (Å²) in [6, 6.07) is 14.1. The molecule has 1 N–H and O–H groups in total. The van der Waals surface area contributed by atoms with Crippen LogP contribution in [0.25, 0.3) is 0 Å². The quantitative estimate of drug-likeness (QED) is 0.667. The van der Waals surface area contributed by atoms with Crippen LogP contribution in [-0.4, -0.2) is 18.5 Å². The number of hydrogen-bond acceptors (Lipinski definition) is 5. The van der Waals surface area contributed by atoms with Crippen LogP contribution in [0.3, 0.4) is 0 Å². The molecule has 0 radical (unpaired) electrons. The van der Waals surface area contributed by atoms with E-state index < -0.39 is 5.97 Å². The highest BCUT2D eigenvalue weighted by atomic mass is 32.2. The molecule has 24 heavy (non-hydrogen) atoms. The van der Waals surface area contributed by atoms with Crippen molar-refractivity contribution in [3.8, 4) is 5.75 Å². The van der Waals surface area contributed by atoms with Gasteiger partial charge in [0, 0.05) is 11.0 Å². The Bertz CT molecular complexity index is 784. The summed E-state index contributed by atoms with van der Waals surface area (Å²) in [5, 5.41) is 3.29. The fourth-order valence-electron chi connectivity index (χ4n) is 2.34. The maximum Gasteiger partial charge on any atom is 0.332 e. The predicted molar refractivity (Wildman–Crippen MR) is 96.4 cm³/mol. The van der Waals surface area contributed by atoms with Gasteiger partial charge in [0.05, 0.1) is 18.5 Å². The van der Waals surface area contributed by atoms with Crippen LogP contribution in [0.5, 0.6) is 5.75 Å². The van der Waals surface area contributed by atoms with E-state index in [1.54, 1.807) is 11.8 Å². The minimum Gasteiger partial charge on any atom is -0.471 e. The van der Waals surface area contributed by atoms with Crippen LogP contribution in [0.1, 0.15) is 11.1 Å². The van der Waals surface area contributed by atoms with Crippen molar-refractivity contribution in [3.63, 3.8) is 0 Å². The molecule has 1 unspecified atom stereocenters. The van der Waals surface area contributed by atoms with Gasteiger partial charge in [-0.1, -0.05) is 35.5 Å². The van der Waals surface area contributed by atoms with Crippen molar-refractivity contribution in [1.29, 1.82) is 0 Å². The van der Waals surface area contributed by atoms with Crippen molar-refractivity contribution in [1.82, 2.24) is 0 Å². The second-order valence-electron chi connectivity index (χ2n) is 5.63. The molecule has 124 valence electrons. The molecule has 0 amide bonds. The maximum atomic E-state index is 11.7. The van der Waals surface area contributed by atoms with Crippen LogP contribution in [0, 0.1) is 13.8 Å². The van der Waals surface area contributed by atoms with Crippen molar-refractivity contribution >= 4 is 23.4 Å². The normalized spacial score (nSPS) is 17.6. The first-order valence-corrected chi connectivity index (χ1v) is 8.50. The highest BCUT2D eigenvalue weighted by Crippen LogP contribution is 2.39. The average Bonchev–Trinajstić information content (AvgIpc) is 2.57. The lowest BCUT2D eigenvalue weighted by Gasteiger charge is -2.29. The van der Waals surface area contributed by atoms with Crippen LogP contribution in [0.15, 0.2) is 59.1 Å². The number of nitrogens with one attached hydrogen (secondary N) is 1. The first-order valence-electron chi connectivity index (χ1n) is 7.62. The van der Waals surface area contributed by atoms with E-state index in [2.05, 4.69) is 24.4 Å². The van der Waals surface area contributed by atoms with E-state index in [1.807, 2.05) is 37.3 Å². The third kappa shape index (κ3) is 3.74. The zero-order valence-corrected chi connectivity index (χ0v) is 14.6. The number of thioether (sulfide) groups is 1. The first kappa shape index (κ1) is 16.5. The molecule has 0 saturated heterocycles. The van der Waals surface area contributed by atoms with Gasteiger partial charge in [0.2, 0.25) is 0 Å². The number of fused-ring (bicyclic) bond motifs is 1. The largest absolute Gasteiger partial charge is 0.471 e. The topological polar surface area (TPSA) is 47.6 Å². The monoisotopic (exact) mass is 341 g/mol. The lowest BCUT2D eigenvalue weighted by Crippen LogP contribution is -2.27. The summed E-state index contributed by atoms with van der Waals surface area (Å²) >= 11 is 1.54. The molecule has 4 nitrogen and oxygen atoms in total. The van der Waals surface area contributed by atoms with Gasteiger partial charge in [0.15, 0.2) is 5.44 Å². The summed E-state index contributed by atoms with van der Waals surface area (Å²) in [4.78, 5) is 12.8. The molecule has 5 heteroatoms. The van der Waals surface area contributed by atoms with Crippen LogP contribution in [0.4, 0.5) is 5.69 Å². The molecule has 2 aromatic carbocycles. The van der Waals surface area contributed by atoms with Gasteiger partial charge < -0.3 is 14.8 Å². The van der Waals surface area contributed by atoms with E-state index in [0.717, 1.165) is 21.9 Å². The van der Waals surface area contributed by atoms with Crippen LogP contribution in [0.2, 0.25) is 0 Å². The smallest absolute Gasteiger partial charge is 0.332 e. The second kappa shape index (κ2) is 7.01. The molecular weight excluding hydrogens is 322 g/mol. The third-order valence-electron chi connectivity index (χ3n) is 3.64. The molecule has 0 spiro atoms. The Morgan fingerprint density at radius 3 is 2.58 bits per heavy atom. The molecule has 0 aromatic heterocycles. The molecule has 1 atom stereocenters. The number of anilines is 1. The minimum absolute atomic E-state index is 0.346. The molecule has 0 aliphatic carbocycles. The molecule has 1 aliphatic rings. The second-order valence-corrected chi connectivity index (χ2v) is 6.76. The van der Waals surface area contributed by atoms with Gasteiger partial charge in [-0.05, 0) is 43.7 Å². The van der Waals surface area contributed by atoms with Crippen LogP contribution in [-0.2, 0) is 9.53 Å². The molecule has 1 heterocycles. The first-order chi connectivity index (χ1) is 11.5. The van der Waals surface area contributed by atoms with Crippen LogP contribution >= 0.6 is 11.8 Å². The standard InChI is InChI=1S/C19H19NO3S/c1-12-4-7-14(8-5-12)24-19-16(11-18(21)22-3)20-15-9-6-13(2)10-17(15)23-19/h4-11,19-20H,1-3H3/b16-11-. The predicted octanol–water partition coefficient (Wildman–Crippen LogP) is 4.28. The molecule has 3 rings (SSSR count). The number of rotatable bonds is 3. The van der Waals surface area contributed by atoms with Crippen molar-refractivity contribution in [2.45, 2.75) is 24.2 Å². The van der Waals surface area contributed by atoms with Gasteiger partial charge in [0.1, 0.15) is 5.75 Å². The van der Waals surface area contributed by atoms with Gasteiger partial charge in [0.25, 0.3) is 0 Å². The van der Waals surface area contributed by atoms with Crippen molar-refractivity contribution in [2.24, 2.45) is 0 Å². The van der Waals surface area contributed by atoms with Gasteiger partial charge in [-0.25, -0.2) is 4.79 Å². The Kier molecular flexibility index (Phi) is 4.81. The lowest BCUT2D eigenvalue weighted by atomic mass is 10.2. The zero-order valence-electron chi connectivity index (χ0n) is 13.8. The van der Waals surface area contributed by atoms with Gasteiger partial charge in [-0.2, -0.15) is 0 Å². The SMILES string of the molecule is COC(=O)/C=C1\Nc2ccc(C)cc2OC1Sc1ccc(C)cc1. The number of carbonyl (C=O) groups is 1. The fraction of sp³-hybridized carbons (Fsp3) is 0.211. The van der Waals surface area contributed by atoms with Crippen molar-refractivity contribution in [2.75, 3.05) is 12.4 Å². The third-order valence-corrected chi connectivity index (χ3v) is 4.75. The van der Waals surface area contributed by atoms with Gasteiger partial charge >= 0.3 is 5.97 Å². The van der Waals surface area contributed by atoms with E-state index in [9.17, 15) is 4.79 Å². The van der Waals surface area contributed by atoms with E-state index in [0.29, 0.717) is 5.70 Å². The number of methoxy groups -OCH3 is 1. The summed E-state index contributed by atoms with van der Waals surface area (Å²) in [6.45, 7) is 4.07. The Balaban J connectivity index is 1.92. The average molecular weight is 341 g/mol. The minimum atomic E-state index is -0.411. The number of hydrogen-bond donors (Lipinski definition) is 1. The number of esters is 1. The Labute approximate surface area is 145 Å². The summed E-state index contributed by atoms with van der Waals surface area (Å²) in [5.41, 5.74) is 3.49. The van der Waals surface area contributed by atoms with Crippen molar-refractivity contribution < 1.29 is 14.3 Å². The highest BCUT2D eigenvalue weighted by molar-refractivity contribution is 8.00. The van der Waals surface area contributed by atoms with E-state index in [1.165, 1.54) is 18.7 Å². The van der Waals surface area contributed by atoms with Crippen LogP contribution < -0.4 is 10.1 Å². The molecule has 0 saturated carbocycles. The fourth-order valence-corrected chi connectivity index (χ4v) is 3.29. The van der Waals surface area contributed by atoms with E-state index in [4.69, 9.17) is 9.47 Å².